The van der Waals surface area contributed by atoms with Crippen LogP contribution >= 0.6 is 11.3 Å². The maximum absolute atomic E-state index is 10.8. The summed E-state index contributed by atoms with van der Waals surface area (Å²) >= 11 is 1.72. The lowest BCUT2D eigenvalue weighted by Crippen LogP contribution is -2.09. The lowest BCUT2D eigenvalue weighted by Gasteiger charge is -2.25. The molecule has 0 unspecified atom stereocenters. The Bertz CT molecular complexity index is 1290. The van der Waals surface area contributed by atoms with Crippen LogP contribution in [0.5, 0.6) is 5.75 Å². The molecule has 0 saturated heterocycles. The van der Waals surface area contributed by atoms with E-state index in [4.69, 9.17) is 4.74 Å². The fourth-order valence-electron chi connectivity index (χ4n) is 3.91. The van der Waals surface area contributed by atoms with E-state index in [-0.39, 0.29) is 0 Å². The number of carbonyl (C=O) groups is 1. The van der Waals surface area contributed by atoms with E-state index in [1.807, 2.05) is 42.5 Å². The van der Waals surface area contributed by atoms with Crippen molar-refractivity contribution in [1.29, 1.82) is 0 Å². The third-order valence-corrected chi connectivity index (χ3v) is 6.38. The largest absolute Gasteiger partial charge is 0.429 e. The molecule has 0 aliphatic rings. The van der Waals surface area contributed by atoms with Crippen molar-refractivity contribution in [2.45, 2.75) is 0 Å². The van der Waals surface area contributed by atoms with Gasteiger partial charge in [0, 0.05) is 27.9 Å². The second-order valence-corrected chi connectivity index (χ2v) is 8.30. The van der Waals surface area contributed by atoms with Crippen molar-refractivity contribution in [1.82, 2.24) is 0 Å². The molecule has 4 aromatic carbocycles. The number of hydrogen-bond donors (Lipinski definition) is 0. The first kappa shape index (κ1) is 20.7. The maximum Gasteiger partial charge on any atom is 0.298 e. The molecule has 0 aliphatic carbocycles. The van der Waals surface area contributed by atoms with Gasteiger partial charge < -0.3 is 9.64 Å². The molecule has 0 atom stereocenters. The molecular formula is C29H21NO2S. The van der Waals surface area contributed by atoms with Gasteiger partial charge in [0.05, 0.1) is 0 Å². The molecule has 160 valence electrons. The van der Waals surface area contributed by atoms with Crippen molar-refractivity contribution in [3.8, 4) is 28.0 Å². The van der Waals surface area contributed by atoms with Gasteiger partial charge in [-0.05, 0) is 47.5 Å². The summed E-state index contributed by atoms with van der Waals surface area (Å²) in [6, 6.07) is 38.9. The SMILES string of the molecule is O=COc1ccc(-c2c(-c3ccccc3)csc2N(c2ccccc2)c2ccccc2)cc1. The van der Waals surface area contributed by atoms with E-state index < -0.39 is 0 Å². The molecule has 0 bridgehead atoms. The first-order valence-corrected chi connectivity index (χ1v) is 11.5. The van der Waals surface area contributed by atoms with Crippen LogP contribution in [-0.2, 0) is 4.79 Å². The summed E-state index contributed by atoms with van der Waals surface area (Å²) in [5, 5.41) is 3.34. The summed E-state index contributed by atoms with van der Waals surface area (Å²) in [7, 11) is 0. The van der Waals surface area contributed by atoms with Gasteiger partial charge in [-0.3, -0.25) is 4.79 Å². The highest BCUT2D eigenvalue weighted by atomic mass is 32.1. The van der Waals surface area contributed by atoms with Gasteiger partial charge in [-0.2, -0.15) is 0 Å². The van der Waals surface area contributed by atoms with Gasteiger partial charge in [-0.25, -0.2) is 0 Å². The molecule has 1 aromatic heterocycles. The number of para-hydroxylation sites is 2. The highest BCUT2D eigenvalue weighted by Crippen LogP contribution is 2.49. The molecule has 0 N–H and O–H groups in total. The number of carbonyl (C=O) groups excluding carboxylic acids is 1. The van der Waals surface area contributed by atoms with Crippen LogP contribution in [0.3, 0.4) is 0 Å². The quantitative estimate of drug-likeness (QED) is 0.236. The minimum absolute atomic E-state index is 0.451. The van der Waals surface area contributed by atoms with Crippen molar-refractivity contribution in [2.24, 2.45) is 0 Å². The average molecular weight is 448 g/mol. The topological polar surface area (TPSA) is 29.5 Å². The van der Waals surface area contributed by atoms with Gasteiger partial charge in [0.15, 0.2) is 0 Å². The molecule has 0 spiro atoms. The minimum Gasteiger partial charge on any atom is -0.429 e. The standard InChI is InChI=1S/C29H21NO2S/c31-21-32-26-18-16-23(17-19-26)28-27(22-10-4-1-5-11-22)20-33-29(28)30(24-12-6-2-7-13-24)25-14-8-3-9-15-25/h1-21H. The van der Waals surface area contributed by atoms with Crippen LogP contribution in [-0.4, -0.2) is 6.47 Å². The van der Waals surface area contributed by atoms with Gasteiger partial charge in [-0.1, -0.05) is 78.9 Å². The average Bonchev–Trinajstić information content (AvgIpc) is 3.31. The third-order valence-electron chi connectivity index (χ3n) is 5.42. The summed E-state index contributed by atoms with van der Waals surface area (Å²) in [4.78, 5) is 13.1. The number of nitrogens with zero attached hydrogens (tertiary/aromatic N) is 1. The van der Waals surface area contributed by atoms with Crippen LogP contribution in [0, 0.1) is 0 Å². The van der Waals surface area contributed by atoms with E-state index >= 15 is 0 Å². The van der Waals surface area contributed by atoms with Crippen molar-refractivity contribution in [3.63, 3.8) is 0 Å². The Morgan fingerprint density at radius 2 is 1.18 bits per heavy atom. The number of rotatable bonds is 7. The van der Waals surface area contributed by atoms with E-state index in [1.54, 1.807) is 11.3 Å². The molecule has 0 fully saturated rings. The van der Waals surface area contributed by atoms with E-state index in [0.29, 0.717) is 12.2 Å². The molecule has 1 heterocycles. The van der Waals surface area contributed by atoms with Crippen LogP contribution in [0.1, 0.15) is 0 Å². The molecule has 0 aliphatic heterocycles. The number of anilines is 3. The molecule has 4 heteroatoms. The van der Waals surface area contributed by atoms with Crippen LogP contribution in [0.4, 0.5) is 16.4 Å². The van der Waals surface area contributed by atoms with E-state index in [9.17, 15) is 4.79 Å². The molecule has 3 nitrogen and oxygen atoms in total. The number of benzene rings is 4. The van der Waals surface area contributed by atoms with Gasteiger partial charge >= 0.3 is 0 Å². The van der Waals surface area contributed by atoms with Gasteiger partial charge in [-0.15, -0.1) is 11.3 Å². The second kappa shape index (κ2) is 9.55. The highest BCUT2D eigenvalue weighted by Gasteiger charge is 2.22. The second-order valence-electron chi connectivity index (χ2n) is 7.44. The summed E-state index contributed by atoms with van der Waals surface area (Å²) in [6.45, 7) is 0.451. The molecule has 5 aromatic rings. The summed E-state index contributed by atoms with van der Waals surface area (Å²) in [6.07, 6.45) is 0. The highest BCUT2D eigenvalue weighted by molar-refractivity contribution is 7.15. The summed E-state index contributed by atoms with van der Waals surface area (Å²) in [5.41, 5.74) is 6.69. The zero-order chi connectivity index (χ0) is 22.5. The van der Waals surface area contributed by atoms with Crippen LogP contribution in [0.15, 0.2) is 121 Å². The maximum atomic E-state index is 10.8. The lowest BCUT2D eigenvalue weighted by molar-refractivity contribution is -0.120. The predicted molar refractivity (Wildman–Crippen MR) is 137 cm³/mol. The number of ether oxygens (including phenoxy) is 1. The fourth-order valence-corrected chi connectivity index (χ4v) is 5.06. The Balaban J connectivity index is 1.74. The molecule has 33 heavy (non-hydrogen) atoms. The van der Waals surface area contributed by atoms with Crippen molar-refractivity contribution >= 4 is 34.2 Å². The molecule has 5 rings (SSSR count). The first-order valence-electron chi connectivity index (χ1n) is 10.6. The Hall–Kier alpha value is -4.15. The molecule has 0 amide bonds. The Morgan fingerprint density at radius 1 is 0.636 bits per heavy atom. The zero-order valence-electron chi connectivity index (χ0n) is 17.8. The van der Waals surface area contributed by atoms with Crippen molar-refractivity contribution in [2.75, 3.05) is 4.90 Å². The number of thiophene rings is 1. The Morgan fingerprint density at radius 3 is 1.73 bits per heavy atom. The monoisotopic (exact) mass is 447 g/mol. The first-order chi connectivity index (χ1) is 16.3. The molecule has 0 radical (unpaired) electrons. The van der Waals surface area contributed by atoms with Crippen LogP contribution in [0.2, 0.25) is 0 Å². The van der Waals surface area contributed by atoms with Gasteiger partial charge in [0.2, 0.25) is 0 Å². The molecule has 0 saturated carbocycles. The summed E-state index contributed by atoms with van der Waals surface area (Å²) < 4.78 is 5.02. The van der Waals surface area contributed by atoms with Crippen LogP contribution < -0.4 is 9.64 Å². The fraction of sp³-hybridized carbons (Fsp3) is 0. The zero-order valence-corrected chi connectivity index (χ0v) is 18.6. The predicted octanol–water partition coefficient (Wildman–Crippen LogP) is 8.09. The van der Waals surface area contributed by atoms with Crippen molar-refractivity contribution in [3.05, 3.63) is 121 Å². The molecular weight excluding hydrogens is 426 g/mol. The minimum atomic E-state index is 0.451. The smallest absolute Gasteiger partial charge is 0.298 e. The third kappa shape index (κ3) is 4.29. The van der Waals surface area contributed by atoms with Crippen molar-refractivity contribution < 1.29 is 9.53 Å². The van der Waals surface area contributed by atoms with E-state index in [2.05, 4.69) is 83.1 Å². The van der Waals surface area contributed by atoms with Crippen LogP contribution in [0.25, 0.3) is 22.3 Å². The van der Waals surface area contributed by atoms with Gasteiger partial charge in [0.25, 0.3) is 6.47 Å². The van der Waals surface area contributed by atoms with E-state index in [0.717, 1.165) is 38.6 Å². The Labute approximate surface area is 197 Å². The lowest BCUT2D eigenvalue weighted by atomic mass is 9.97. The van der Waals surface area contributed by atoms with Gasteiger partial charge in [0.1, 0.15) is 10.8 Å². The summed E-state index contributed by atoms with van der Waals surface area (Å²) in [5.74, 6) is 0.523. The number of hydrogen-bond acceptors (Lipinski definition) is 4. The van der Waals surface area contributed by atoms with E-state index in [1.165, 1.54) is 0 Å². The Kier molecular flexibility index (Phi) is 6.00. The normalized spacial score (nSPS) is 10.5.